The molecule has 1 saturated carbocycles. The van der Waals surface area contributed by atoms with E-state index >= 15 is 0 Å². The van der Waals surface area contributed by atoms with Crippen LogP contribution in [0.2, 0.25) is 0 Å². The van der Waals surface area contributed by atoms with E-state index in [9.17, 15) is 9.59 Å². The van der Waals surface area contributed by atoms with Crippen molar-refractivity contribution in [1.82, 2.24) is 10.6 Å². The highest BCUT2D eigenvalue weighted by atomic mass is 32.2. The Hall–Kier alpha value is -1.49. The predicted octanol–water partition coefficient (Wildman–Crippen LogP) is 3.30. The molecule has 0 bridgehead atoms. The van der Waals surface area contributed by atoms with Gasteiger partial charge in [0, 0.05) is 11.6 Å². The number of carbonyl (C=O) groups is 2. The molecule has 1 aliphatic carbocycles. The minimum absolute atomic E-state index is 0.0445. The number of carbonyl (C=O) groups excluding carboxylic acids is 2. The van der Waals surface area contributed by atoms with Crippen molar-refractivity contribution in [3.63, 3.8) is 0 Å². The first-order valence-electron chi connectivity index (χ1n) is 8.77. The van der Waals surface area contributed by atoms with Crippen LogP contribution in [0.25, 0.3) is 0 Å². The number of benzene rings is 1. The lowest BCUT2D eigenvalue weighted by molar-refractivity contribution is -0.123. The molecule has 132 valence electrons. The summed E-state index contributed by atoms with van der Waals surface area (Å²) in [4.78, 5) is 25.1. The lowest BCUT2D eigenvalue weighted by atomic mass is 9.95. The van der Waals surface area contributed by atoms with E-state index in [1.807, 2.05) is 31.4 Å². The fraction of sp³-hybridized carbons (Fsp3) is 0.579. The van der Waals surface area contributed by atoms with Crippen LogP contribution in [0.3, 0.4) is 0 Å². The van der Waals surface area contributed by atoms with Gasteiger partial charge in [-0.1, -0.05) is 37.0 Å². The SMILES string of the molecule is CSCCC(NC(=O)c1cccc(C)c1)C(=O)NC1CCCCC1. The molecule has 0 aliphatic heterocycles. The predicted molar refractivity (Wildman–Crippen MR) is 100 cm³/mol. The van der Waals surface area contributed by atoms with E-state index in [1.165, 1.54) is 19.3 Å². The second-order valence-electron chi connectivity index (χ2n) is 6.52. The summed E-state index contributed by atoms with van der Waals surface area (Å²) in [6.07, 6.45) is 8.37. The molecule has 5 heteroatoms. The third-order valence-electron chi connectivity index (χ3n) is 4.46. The van der Waals surface area contributed by atoms with Gasteiger partial charge in [-0.2, -0.15) is 11.8 Å². The van der Waals surface area contributed by atoms with Gasteiger partial charge in [-0.15, -0.1) is 0 Å². The van der Waals surface area contributed by atoms with Crippen LogP contribution in [0, 0.1) is 6.92 Å². The maximum absolute atomic E-state index is 12.6. The highest BCUT2D eigenvalue weighted by molar-refractivity contribution is 7.98. The zero-order chi connectivity index (χ0) is 17.4. The molecule has 0 heterocycles. The van der Waals surface area contributed by atoms with E-state index in [4.69, 9.17) is 0 Å². The van der Waals surface area contributed by atoms with Gasteiger partial charge in [0.15, 0.2) is 0 Å². The Morgan fingerprint density at radius 1 is 1.25 bits per heavy atom. The van der Waals surface area contributed by atoms with Crippen LogP contribution in [0.5, 0.6) is 0 Å². The standard InChI is InChI=1S/C19H28N2O2S/c1-14-7-6-8-15(13-14)18(22)21-17(11-12-24-2)19(23)20-16-9-4-3-5-10-16/h6-8,13,16-17H,3-5,9-12H2,1-2H3,(H,20,23)(H,21,22). The Morgan fingerprint density at radius 3 is 2.67 bits per heavy atom. The van der Waals surface area contributed by atoms with E-state index in [-0.39, 0.29) is 17.9 Å². The first-order valence-corrected chi connectivity index (χ1v) is 10.2. The fourth-order valence-electron chi connectivity index (χ4n) is 3.08. The van der Waals surface area contributed by atoms with Gasteiger partial charge in [-0.25, -0.2) is 0 Å². The Balaban J connectivity index is 1.98. The number of thioether (sulfide) groups is 1. The third kappa shape index (κ3) is 5.86. The van der Waals surface area contributed by atoms with Gasteiger partial charge in [0.25, 0.3) is 5.91 Å². The zero-order valence-electron chi connectivity index (χ0n) is 14.6. The maximum Gasteiger partial charge on any atom is 0.251 e. The van der Waals surface area contributed by atoms with Crippen molar-refractivity contribution in [3.8, 4) is 0 Å². The quantitative estimate of drug-likeness (QED) is 0.795. The Bertz CT molecular complexity index is 556. The van der Waals surface area contributed by atoms with Crippen LogP contribution < -0.4 is 10.6 Å². The van der Waals surface area contributed by atoms with Crippen molar-refractivity contribution in [1.29, 1.82) is 0 Å². The van der Waals surface area contributed by atoms with Crippen LogP contribution in [0.4, 0.5) is 0 Å². The Kier molecular flexibility index (Phi) is 7.63. The molecule has 1 fully saturated rings. The number of hydrogen-bond donors (Lipinski definition) is 2. The molecule has 0 radical (unpaired) electrons. The lowest BCUT2D eigenvalue weighted by Gasteiger charge is -2.26. The first-order chi connectivity index (χ1) is 11.6. The Labute approximate surface area is 149 Å². The van der Waals surface area contributed by atoms with Gasteiger partial charge in [-0.3, -0.25) is 9.59 Å². The molecular weight excluding hydrogens is 320 g/mol. The third-order valence-corrected chi connectivity index (χ3v) is 5.11. The molecule has 1 atom stereocenters. The summed E-state index contributed by atoms with van der Waals surface area (Å²) >= 11 is 1.69. The molecule has 0 aromatic heterocycles. The summed E-state index contributed by atoms with van der Waals surface area (Å²) in [5.74, 6) is 0.622. The molecule has 1 aliphatic rings. The molecule has 24 heavy (non-hydrogen) atoms. The minimum Gasteiger partial charge on any atom is -0.352 e. The summed E-state index contributed by atoms with van der Waals surface area (Å²) in [5, 5.41) is 6.05. The average molecular weight is 349 g/mol. The summed E-state index contributed by atoms with van der Waals surface area (Å²) < 4.78 is 0. The summed E-state index contributed by atoms with van der Waals surface area (Å²) in [5.41, 5.74) is 1.64. The van der Waals surface area contributed by atoms with Crippen LogP contribution in [-0.2, 0) is 4.79 Å². The first kappa shape index (κ1) is 18.8. The smallest absolute Gasteiger partial charge is 0.251 e. The number of hydrogen-bond acceptors (Lipinski definition) is 3. The van der Waals surface area contributed by atoms with Gasteiger partial charge in [0.05, 0.1) is 0 Å². The van der Waals surface area contributed by atoms with Crippen molar-refractivity contribution in [2.75, 3.05) is 12.0 Å². The van der Waals surface area contributed by atoms with Crippen molar-refractivity contribution in [2.24, 2.45) is 0 Å². The minimum atomic E-state index is -0.465. The highest BCUT2D eigenvalue weighted by Crippen LogP contribution is 2.17. The van der Waals surface area contributed by atoms with Crippen LogP contribution in [0.1, 0.15) is 54.4 Å². The molecule has 1 unspecified atom stereocenters. The summed E-state index contributed by atoms with van der Waals surface area (Å²) in [7, 11) is 0. The largest absolute Gasteiger partial charge is 0.352 e. The zero-order valence-corrected chi connectivity index (χ0v) is 15.5. The van der Waals surface area contributed by atoms with Gasteiger partial charge < -0.3 is 10.6 Å². The average Bonchev–Trinajstić information content (AvgIpc) is 2.59. The van der Waals surface area contributed by atoms with Crippen molar-refractivity contribution >= 4 is 23.6 Å². The van der Waals surface area contributed by atoms with E-state index in [0.717, 1.165) is 24.2 Å². The number of amides is 2. The molecular formula is C19H28N2O2S. The number of rotatable bonds is 7. The van der Waals surface area contributed by atoms with Gasteiger partial charge in [0.2, 0.25) is 5.91 Å². The van der Waals surface area contributed by atoms with E-state index in [1.54, 1.807) is 17.8 Å². The van der Waals surface area contributed by atoms with Gasteiger partial charge in [-0.05, 0) is 50.3 Å². The van der Waals surface area contributed by atoms with Crippen LogP contribution in [0.15, 0.2) is 24.3 Å². The van der Waals surface area contributed by atoms with Crippen molar-refractivity contribution < 1.29 is 9.59 Å². The highest BCUT2D eigenvalue weighted by Gasteiger charge is 2.24. The van der Waals surface area contributed by atoms with E-state index < -0.39 is 6.04 Å². The molecule has 2 rings (SSSR count). The molecule has 1 aromatic rings. The molecule has 4 nitrogen and oxygen atoms in total. The monoisotopic (exact) mass is 348 g/mol. The summed E-state index contributed by atoms with van der Waals surface area (Å²) in [6, 6.07) is 7.25. The fourth-order valence-corrected chi connectivity index (χ4v) is 3.55. The summed E-state index contributed by atoms with van der Waals surface area (Å²) in [6.45, 7) is 1.96. The van der Waals surface area contributed by atoms with E-state index in [2.05, 4.69) is 10.6 Å². The maximum atomic E-state index is 12.6. The number of nitrogens with one attached hydrogen (secondary N) is 2. The lowest BCUT2D eigenvalue weighted by Crippen LogP contribution is -2.50. The van der Waals surface area contributed by atoms with Crippen molar-refractivity contribution in [2.45, 2.75) is 57.5 Å². The van der Waals surface area contributed by atoms with E-state index in [0.29, 0.717) is 12.0 Å². The molecule has 2 N–H and O–H groups in total. The topological polar surface area (TPSA) is 58.2 Å². The second-order valence-corrected chi connectivity index (χ2v) is 7.51. The molecule has 0 saturated heterocycles. The second kappa shape index (κ2) is 9.72. The molecule has 2 amide bonds. The van der Waals surface area contributed by atoms with Gasteiger partial charge in [0.1, 0.15) is 6.04 Å². The number of aryl methyl sites for hydroxylation is 1. The van der Waals surface area contributed by atoms with Crippen LogP contribution in [-0.4, -0.2) is 35.9 Å². The van der Waals surface area contributed by atoms with Crippen LogP contribution >= 0.6 is 11.8 Å². The normalized spacial score (nSPS) is 16.4. The van der Waals surface area contributed by atoms with Gasteiger partial charge >= 0.3 is 0 Å². The molecule has 0 spiro atoms. The Morgan fingerprint density at radius 2 is 2.00 bits per heavy atom. The van der Waals surface area contributed by atoms with Crippen molar-refractivity contribution in [3.05, 3.63) is 35.4 Å². The molecule has 1 aromatic carbocycles.